The van der Waals surface area contributed by atoms with Crippen molar-refractivity contribution in [2.24, 2.45) is 0 Å². The van der Waals surface area contributed by atoms with Gasteiger partial charge in [-0.1, -0.05) is 0 Å². The molecule has 0 saturated carbocycles. The van der Waals surface area contributed by atoms with Crippen molar-refractivity contribution < 1.29 is 4.92 Å². The van der Waals surface area contributed by atoms with Crippen molar-refractivity contribution in [2.75, 3.05) is 25.0 Å². The Morgan fingerprint density at radius 1 is 1.50 bits per heavy atom. The predicted molar refractivity (Wildman–Crippen MR) is 76.6 cm³/mol. The van der Waals surface area contributed by atoms with Crippen LogP contribution in [0.2, 0.25) is 0 Å². The van der Waals surface area contributed by atoms with E-state index in [4.69, 9.17) is 5.26 Å². The van der Waals surface area contributed by atoms with Crippen LogP contribution in [0.15, 0.2) is 18.2 Å². The first-order valence-corrected chi connectivity index (χ1v) is 6.77. The van der Waals surface area contributed by atoms with Crippen molar-refractivity contribution in [3.8, 4) is 6.07 Å². The highest BCUT2D eigenvalue weighted by atomic mass is 16.6. The first kappa shape index (κ1) is 14.3. The van der Waals surface area contributed by atoms with E-state index in [-0.39, 0.29) is 11.7 Å². The number of nitriles is 1. The first-order valence-electron chi connectivity index (χ1n) is 6.77. The second kappa shape index (κ2) is 6.35. The second-order valence-corrected chi connectivity index (χ2v) is 5.15. The molecule has 0 radical (unpaired) electrons. The van der Waals surface area contributed by atoms with E-state index in [2.05, 4.69) is 10.2 Å². The summed E-state index contributed by atoms with van der Waals surface area (Å²) in [5, 5.41) is 23.0. The summed E-state index contributed by atoms with van der Waals surface area (Å²) in [5.74, 6) is 0. The molecule has 1 unspecified atom stereocenters. The molecule has 1 aromatic rings. The molecule has 1 N–H and O–H groups in total. The Morgan fingerprint density at radius 2 is 2.20 bits per heavy atom. The van der Waals surface area contributed by atoms with Crippen molar-refractivity contribution in [1.29, 1.82) is 5.26 Å². The van der Waals surface area contributed by atoms with Gasteiger partial charge < -0.3 is 10.2 Å². The SMILES string of the molecule is CC(CN1CCCC1)Nc1ccc(C#N)cc1[N+](=O)[O-]. The molecule has 6 heteroatoms. The number of hydrogen-bond donors (Lipinski definition) is 1. The van der Waals surface area contributed by atoms with Crippen LogP contribution in [-0.2, 0) is 0 Å². The van der Waals surface area contributed by atoms with Gasteiger partial charge in [0, 0.05) is 18.7 Å². The van der Waals surface area contributed by atoms with E-state index in [0.29, 0.717) is 11.3 Å². The molecule has 1 saturated heterocycles. The van der Waals surface area contributed by atoms with Gasteiger partial charge in [0.15, 0.2) is 0 Å². The Morgan fingerprint density at radius 3 is 2.80 bits per heavy atom. The van der Waals surface area contributed by atoms with E-state index in [9.17, 15) is 10.1 Å². The van der Waals surface area contributed by atoms with E-state index in [0.717, 1.165) is 19.6 Å². The first-order chi connectivity index (χ1) is 9.60. The van der Waals surface area contributed by atoms with Crippen LogP contribution in [0.4, 0.5) is 11.4 Å². The van der Waals surface area contributed by atoms with Crippen LogP contribution in [0, 0.1) is 21.4 Å². The van der Waals surface area contributed by atoms with Crippen LogP contribution < -0.4 is 5.32 Å². The predicted octanol–water partition coefficient (Wildman–Crippen LogP) is 2.36. The van der Waals surface area contributed by atoms with Crippen LogP contribution in [0.1, 0.15) is 25.3 Å². The van der Waals surface area contributed by atoms with E-state index >= 15 is 0 Å². The van der Waals surface area contributed by atoms with Crippen molar-refractivity contribution in [3.05, 3.63) is 33.9 Å². The van der Waals surface area contributed by atoms with Crippen LogP contribution in [0.3, 0.4) is 0 Å². The zero-order valence-electron chi connectivity index (χ0n) is 11.5. The summed E-state index contributed by atoms with van der Waals surface area (Å²) in [7, 11) is 0. The number of nitro groups is 1. The van der Waals surface area contributed by atoms with Crippen LogP contribution in [0.25, 0.3) is 0 Å². The molecule has 6 nitrogen and oxygen atoms in total. The smallest absolute Gasteiger partial charge is 0.293 e. The topological polar surface area (TPSA) is 82.2 Å². The molecule has 20 heavy (non-hydrogen) atoms. The average molecular weight is 274 g/mol. The van der Waals surface area contributed by atoms with Gasteiger partial charge in [0.2, 0.25) is 0 Å². The molecule has 0 bridgehead atoms. The molecule has 1 fully saturated rings. The standard InChI is InChI=1S/C14H18N4O2/c1-11(10-17-6-2-3-7-17)16-13-5-4-12(9-15)8-14(13)18(19)20/h4-5,8,11,16H,2-3,6-7,10H2,1H3. The van der Waals surface area contributed by atoms with Gasteiger partial charge in [-0.05, 0) is 45.0 Å². The molecule has 0 amide bonds. The normalized spacial score (nSPS) is 16.6. The number of benzene rings is 1. The fourth-order valence-electron chi connectivity index (χ4n) is 2.54. The highest BCUT2D eigenvalue weighted by molar-refractivity contribution is 5.64. The largest absolute Gasteiger partial charge is 0.376 e. The number of rotatable bonds is 5. The lowest BCUT2D eigenvalue weighted by Gasteiger charge is -2.22. The highest BCUT2D eigenvalue weighted by Gasteiger charge is 2.19. The van der Waals surface area contributed by atoms with Gasteiger partial charge in [-0.3, -0.25) is 10.1 Å². The molecule has 1 aliphatic heterocycles. The third-order valence-electron chi connectivity index (χ3n) is 3.46. The maximum Gasteiger partial charge on any atom is 0.293 e. The Hall–Kier alpha value is -2.13. The van der Waals surface area contributed by atoms with E-state index in [1.54, 1.807) is 12.1 Å². The second-order valence-electron chi connectivity index (χ2n) is 5.15. The number of nitrogens with one attached hydrogen (secondary N) is 1. The Kier molecular flexibility index (Phi) is 4.53. The van der Waals surface area contributed by atoms with Gasteiger partial charge >= 0.3 is 0 Å². The molecule has 1 aromatic carbocycles. The Bertz CT molecular complexity index is 532. The molecule has 1 heterocycles. The third kappa shape index (κ3) is 3.45. The summed E-state index contributed by atoms with van der Waals surface area (Å²) < 4.78 is 0. The molecule has 0 spiro atoms. The van der Waals surface area contributed by atoms with Gasteiger partial charge in [0.1, 0.15) is 5.69 Å². The Labute approximate surface area is 118 Å². The van der Waals surface area contributed by atoms with Crippen molar-refractivity contribution in [3.63, 3.8) is 0 Å². The third-order valence-corrected chi connectivity index (χ3v) is 3.46. The van der Waals surface area contributed by atoms with Gasteiger partial charge in [0.25, 0.3) is 5.69 Å². The Balaban J connectivity index is 2.07. The number of hydrogen-bond acceptors (Lipinski definition) is 5. The average Bonchev–Trinajstić information content (AvgIpc) is 2.91. The van der Waals surface area contributed by atoms with E-state index in [1.165, 1.54) is 18.9 Å². The molecule has 106 valence electrons. The maximum atomic E-state index is 11.1. The molecular formula is C14H18N4O2. The van der Waals surface area contributed by atoms with Crippen LogP contribution >= 0.6 is 0 Å². The van der Waals surface area contributed by atoms with Gasteiger partial charge in [-0.2, -0.15) is 5.26 Å². The van der Waals surface area contributed by atoms with Gasteiger partial charge in [-0.15, -0.1) is 0 Å². The van der Waals surface area contributed by atoms with Gasteiger partial charge in [0.05, 0.1) is 16.6 Å². The minimum absolute atomic E-state index is 0.0441. The lowest BCUT2D eigenvalue weighted by atomic mass is 10.1. The molecule has 1 atom stereocenters. The lowest BCUT2D eigenvalue weighted by molar-refractivity contribution is -0.384. The van der Waals surface area contributed by atoms with Crippen molar-refractivity contribution in [1.82, 2.24) is 4.90 Å². The fourth-order valence-corrected chi connectivity index (χ4v) is 2.54. The molecule has 0 aromatic heterocycles. The summed E-state index contributed by atoms with van der Waals surface area (Å²) in [6.07, 6.45) is 2.45. The fraction of sp³-hybridized carbons (Fsp3) is 0.500. The lowest BCUT2D eigenvalue weighted by Crippen LogP contribution is -2.33. The summed E-state index contributed by atoms with van der Waals surface area (Å²) in [6.45, 7) is 5.08. The molecule has 2 rings (SSSR count). The molecule has 1 aliphatic rings. The molecular weight excluding hydrogens is 256 g/mol. The number of likely N-dealkylation sites (tertiary alicyclic amines) is 1. The monoisotopic (exact) mass is 274 g/mol. The van der Waals surface area contributed by atoms with Crippen molar-refractivity contribution >= 4 is 11.4 Å². The number of anilines is 1. The maximum absolute atomic E-state index is 11.1. The summed E-state index contributed by atoms with van der Waals surface area (Å²) in [6, 6.07) is 6.56. The number of nitro benzene ring substituents is 1. The summed E-state index contributed by atoms with van der Waals surface area (Å²) in [4.78, 5) is 13.0. The van der Waals surface area contributed by atoms with Crippen molar-refractivity contribution in [2.45, 2.75) is 25.8 Å². The quantitative estimate of drug-likeness (QED) is 0.658. The minimum atomic E-state index is -0.453. The summed E-state index contributed by atoms with van der Waals surface area (Å²) >= 11 is 0. The minimum Gasteiger partial charge on any atom is -0.376 e. The zero-order valence-corrected chi connectivity index (χ0v) is 11.5. The molecule has 0 aliphatic carbocycles. The zero-order chi connectivity index (χ0) is 14.5. The van der Waals surface area contributed by atoms with Crippen LogP contribution in [0.5, 0.6) is 0 Å². The highest BCUT2D eigenvalue weighted by Crippen LogP contribution is 2.26. The number of nitrogens with zero attached hydrogens (tertiary/aromatic N) is 3. The van der Waals surface area contributed by atoms with Gasteiger partial charge in [-0.25, -0.2) is 0 Å². The van der Waals surface area contributed by atoms with E-state index in [1.807, 2.05) is 13.0 Å². The van der Waals surface area contributed by atoms with E-state index < -0.39 is 4.92 Å². The summed E-state index contributed by atoms with van der Waals surface area (Å²) in [5.41, 5.74) is 0.729. The van der Waals surface area contributed by atoms with Crippen LogP contribution in [-0.4, -0.2) is 35.5 Å².